The summed E-state index contributed by atoms with van der Waals surface area (Å²) in [6.07, 6.45) is 6.19. The minimum absolute atomic E-state index is 0.0844. The van der Waals surface area contributed by atoms with Gasteiger partial charge in [0.1, 0.15) is 11.6 Å². The number of hydrogen-bond acceptors (Lipinski definition) is 4. The Morgan fingerprint density at radius 3 is 2.65 bits per heavy atom. The summed E-state index contributed by atoms with van der Waals surface area (Å²) in [6.45, 7) is 6.50. The topological polar surface area (TPSA) is 64.8 Å². The van der Waals surface area contributed by atoms with Gasteiger partial charge in [0.25, 0.3) is 0 Å². The number of aryl methyl sites for hydroxylation is 2. The molecule has 0 aliphatic rings. The molecule has 0 spiro atoms. The molecule has 0 saturated heterocycles. The highest BCUT2D eigenvalue weighted by atomic mass is 16.1. The van der Waals surface area contributed by atoms with Crippen molar-refractivity contribution in [2.75, 3.05) is 0 Å². The standard InChI is InChI=1S/C15H25N3O2/c1-4-14(19)7-5-6-10-18-11-13(16-17-18)8-9-15(20)12(2)3/h11-12H,4-10H2,1-3H3. The van der Waals surface area contributed by atoms with Crippen molar-refractivity contribution >= 4 is 11.6 Å². The van der Waals surface area contributed by atoms with Crippen molar-refractivity contribution in [3.63, 3.8) is 0 Å². The molecule has 0 atom stereocenters. The largest absolute Gasteiger partial charge is 0.300 e. The highest BCUT2D eigenvalue weighted by molar-refractivity contribution is 5.80. The molecule has 0 saturated carbocycles. The van der Waals surface area contributed by atoms with E-state index < -0.39 is 0 Å². The van der Waals surface area contributed by atoms with Gasteiger partial charge in [-0.05, 0) is 12.8 Å². The van der Waals surface area contributed by atoms with Gasteiger partial charge in [0.05, 0.1) is 5.69 Å². The predicted molar refractivity (Wildman–Crippen MR) is 77.3 cm³/mol. The van der Waals surface area contributed by atoms with Crippen LogP contribution in [0.1, 0.15) is 58.6 Å². The molecule has 112 valence electrons. The van der Waals surface area contributed by atoms with Crippen LogP contribution in [0.15, 0.2) is 6.20 Å². The Morgan fingerprint density at radius 1 is 1.25 bits per heavy atom. The zero-order valence-corrected chi connectivity index (χ0v) is 12.8. The maximum Gasteiger partial charge on any atom is 0.135 e. The van der Waals surface area contributed by atoms with Crippen LogP contribution in [0.5, 0.6) is 0 Å². The van der Waals surface area contributed by atoms with Gasteiger partial charge < -0.3 is 0 Å². The SMILES string of the molecule is CCC(=O)CCCCn1cc(CCC(=O)C(C)C)nn1. The number of ketones is 2. The van der Waals surface area contributed by atoms with Crippen molar-refractivity contribution in [2.24, 2.45) is 5.92 Å². The number of carbonyl (C=O) groups is 2. The Labute approximate surface area is 120 Å². The number of nitrogens with zero attached hydrogens (tertiary/aromatic N) is 3. The van der Waals surface area contributed by atoms with Crippen molar-refractivity contribution in [3.8, 4) is 0 Å². The van der Waals surface area contributed by atoms with E-state index in [1.807, 2.05) is 27.0 Å². The molecule has 0 bridgehead atoms. The van der Waals surface area contributed by atoms with E-state index in [2.05, 4.69) is 10.3 Å². The first kappa shape index (κ1) is 16.5. The van der Waals surface area contributed by atoms with Crippen LogP contribution in [-0.2, 0) is 22.6 Å². The van der Waals surface area contributed by atoms with E-state index in [0.717, 1.165) is 25.1 Å². The third kappa shape index (κ3) is 6.08. The summed E-state index contributed by atoms with van der Waals surface area (Å²) in [4.78, 5) is 22.7. The van der Waals surface area contributed by atoms with Crippen LogP contribution < -0.4 is 0 Å². The van der Waals surface area contributed by atoms with Crippen molar-refractivity contribution in [1.29, 1.82) is 0 Å². The molecule has 0 aliphatic carbocycles. The summed E-state index contributed by atoms with van der Waals surface area (Å²) >= 11 is 0. The van der Waals surface area contributed by atoms with Gasteiger partial charge >= 0.3 is 0 Å². The molecule has 1 rings (SSSR count). The minimum atomic E-state index is 0.0844. The van der Waals surface area contributed by atoms with Crippen LogP contribution >= 0.6 is 0 Å². The quantitative estimate of drug-likeness (QED) is 0.617. The van der Waals surface area contributed by atoms with Gasteiger partial charge in [-0.25, -0.2) is 0 Å². The normalized spacial score (nSPS) is 11.0. The fourth-order valence-electron chi connectivity index (χ4n) is 1.88. The van der Waals surface area contributed by atoms with Crippen LogP contribution in [0.2, 0.25) is 0 Å². The first-order valence-corrected chi connectivity index (χ1v) is 7.46. The minimum Gasteiger partial charge on any atom is -0.300 e. The van der Waals surface area contributed by atoms with E-state index in [1.165, 1.54) is 0 Å². The molecule has 0 unspecified atom stereocenters. The zero-order chi connectivity index (χ0) is 15.0. The lowest BCUT2D eigenvalue weighted by atomic mass is 10.0. The molecular weight excluding hydrogens is 254 g/mol. The van der Waals surface area contributed by atoms with Gasteiger partial charge in [0, 0.05) is 44.3 Å². The van der Waals surface area contributed by atoms with Gasteiger partial charge in [0.15, 0.2) is 0 Å². The monoisotopic (exact) mass is 279 g/mol. The molecule has 0 radical (unpaired) electrons. The third-order valence-electron chi connectivity index (χ3n) is 3.34. The Balaban J connectivity index is 2.25. The molecule has 0 N–H and O–H groups in total. The van der Waals surface area contributed by atoms with E-state index in [4.69, 9.17) is 0 Å². The lowest BCUT2D eigenvalue weighted by Gasteiger charge is -2.01. The summed E-state index contributed by atoms with van der Waals surface area (Å²) in [5.74, 6) is 0.662. The molecule has 1 heterocycles. The molecule has 0 aliphatic heterocycles. The van der Waals surface area contributed by atoms with Gasteiger partial charge in [-0.15, -0.1) is 5.10 Å². The fourth-order valence-corrected chi connectivity index (χ4v) is 1.88. The van der Waals surface area contributed by atoms with Gasteiger partial charge in [0.2, 0.25) is 0 Å². The second kappa shape index (κ2) is 8.61. The zero-order valence-electron chi connectivity index (χ0n) is 12.8. The predicted octanol–water partition coefficient (Wildman–Crippen LogP) is 2.59. The smallest absolute Gasteiger partial charge is 0.135 e. The fraction of sp³-hybridized carbons (Fsp3) is 0.733. The average molecular weight is 279 g/mol. The Kier molecular flexibility index (Phi) is 7.12. The van der Waals surface area contributed by atoms with Crippen LogP contribution in [0.25, 0.3) is 0 Å². The molecule has 5 nitrogen and oxygen atoms in total. The Bertz CT molecular complexity index is 438. The van der Waals surface area contributed by atoms with Crippen molar-refractivity contribution in [2.45, 2.75) is 65.8 Å². The number of carbonyl (C=O) groups excluding carboxylic acids is 2. The Morgan fingerprint density at radius 2 is 2.00 bits per heavy atom. The summed E-state index contributed by atoms with van der Waals surface area (Å²) in [7, 11) is 0. The molecule has 1 aromatic heterocycles. The van der Waals surface area contributed by atoms with Gasteiger partial charge in [-0.2, -0.15) is 0 Å². The average Bonchev–Trinajstić information content (AvgIpc) is 2.88. The van der Waals surface area contributed by atoms with E-state index >= 15 is 0 Å². The number of unbranched alkanes of at least 4 members (excludes halogenated alkanes) is 1. The van der Waals surface area contributed by atoms with E-state index in [9.17, 15) is 9.59 Å². The van der Waals surface area contributed by atoms with Crippen LogP contribution in [0, 0.1) is 5.92 Å². The van der Waals surface area contributed by atoms with E-state index in [0.29, 0.717) is 31.5 Å². The molecule has 20 heavy (non-hydrogen) atoms. The second-order valence-electron chi connectivity index (χ2n) is 5.44. The third-order valence-corrected chi connectivity index (χ3v) is 3.34. The first-order valence-electron chi connectivity index (χ1n) is 7.46. The number of hydrogen-bond donors (Lipinski definition) is 0. The Hall–Kier alpha value is -1.52. The maximum absolute atomic E-state index is 11.5. The summed E-state index contributed by atoms with van der Waals surface area (Å²) in [5.41, 5.74) is 0.864. The number of rotatable bonds is 10. The lowest BCUT2D eigenvalue weighted by molar-refractivity contribution is -0.122. The molecule has 5 heteroatoms. The molecule has 1 aromatic rings. The molecule has 0 amide bonds. The van der Waals surface area contributed by atoms with Gasteiger partial charge in [-0.3, -0.25) is 14.3 Å². The summed E-state index contributed by atoms with van der Waals surface area (Å²) in [6, 6.07) is 0. The number of Topliss-reactive ketones (excluding diaryl/α,β-unsaturated/α-hetero) is 2. The van der Waals surface area contributed by atoms with Crippen LogP contribution in [0.4, 0.5) is 0 Å². The lowest BCUT2D eigenvalue weighted by Crippen LogP contribution is -2.07. The van der Waals surface area contributed by atoms with E-state index in [-0.39, 0.29) is 11.7 Å². The summed E-state index contributed by atoms with van der Waals surface area (Å²) in [5, 5.41) is 8.12. The van der Waals surface area contributed by atoms with Crippen LogP contribution in [0.3, 0.4) is 0 Å². The maximum atomic E-state index is 11.5. The molecule has 0 fully saturated rings. The highest BCUT2D eigenvalue weighted by Crippen LogP contribution is 2.06. The number of aromatic nitrogens is 3. The van der Waals surface area contributed by atoms with E-state index in [1.54, 1.807) is 4.68 Å². The van der Waals surface area contributed by atoms with Crippen molar-refractivity contribution < 1.29 is 9.59 Å². The second-order valence-corrected chi connectivity index (χ2v) is 5.44. The molecule has 0 aromatic carbocycles. The van der Waals surface area contributed by atoms with Crippen molar-refractivity contribution in [3.05, 3.63) is 11.9 Å². The summed E-state index contributed by atoms with van der Waals surface area (Å²) < 4.78 is 1.80. The first-order chi connectivity index (χ1) is 9.52. The molecular formula is C15H25N3O2. The van der Waals surface area contributed by atoms with Crippen LogP contribution in [-0.4, -0.2) is 26.6 Å². The van der Waals surface area contributed by atoms with Gasteiger partial charge in [-0.1, -0.05) is 26.0 Å². The highest BCUT2D eigenvalue weighted by Gasteiger charge is 2.09. The van der Waals surface area contributed by atoms with Crippen molar-refractivity contribution in [1.82, 2.24) is 15.0 Å².